The summed E-state index contributed by atoms with van der Waals surface area (Å²) in [5, 5.41) is 0. The fraction of sp³-hybridized carbons (Fsp3) is 1.00. The summed E-state index contributed by atoms with van der Waals surface area (Å²) in [4.78, 5) is 2.44. The molecule has 1 atom stereocenters. The molecule has 12 heavy (non-hydrogen) atoms. The first-order chi connectivity index (χ1) is 5.24. The lowest BCUT2D eigenvalue weighted by Crippen LogP contribution is -2.37. The van der Waals surface area contributed by atoms with Gasteiger partial charge in [-0.3, -0.25) is 0 Å². The minimum Gasteiger partial charge on any atom is -0.301 e. The van der Waals surface area contributed by atoms with E-state index in [1.807, 2.05) is 0 Å². The van der Waals surface area contributed by atoms with Crippen molar-refractivity contribution >= 4 is 0 Å². The van der Waals surface area contributed by atoms with Gasteiger partial charge in [-0.15, -0.1) is 0 Å². The summed E-state index contributed by atoms with van der Waals surface area (Å²) in [6.45, 7) is 13.7. The highest BCUT2D eigenvalue weighted by Crippen LogP contribution is 2.23. The molecule has 0 aliphatic carbocycles. The van der Waals surface area contributed by atoms with Crippen molar-refractivity contribution < 1.29 is 0 Å². The maximum absolute atomic E-state index is 2.44. The van der Waals surface area contributed by atoms with Crippen LogP contribution >= 0.6 is 0 Å². The largest absolute Gasteiger partial charge is 0.301 e. The highest BCUT2D eigenvalue weighted by Gasteiger charge is 2.19. The predicted molar refractivity (Wildman–Crippen MR) is 56.4 cm³/mol. The van der Waals surface area contributed by atoms with Crippen LogP contribution in [0.2, 0.25) is 0 Å². The van der Waals surface area contributed by atoms with Crippen LogP contribution in [0.1, 0.15) is 48.0 Å². The molecular weight excluding hydrogens is 146 g/mol. The molecule has 0 spiro atoms. The van der Waals surface area contributed by atoms with E-state index in [-0.39, 0.29) is 0 Å². The van der Waals surface area contributed by atoms with Gasteiger partial charge in [0, 0.05) is 12.1 Å². The monoisotopic (exact) mass is 171 g/mol. The lowest BCUT2D eigenvalue weighted by atomic mass is 9.88. The van der Waals surface area contributed by atoms with Crippen LogP contribution in [0, 0.1) is 5.41 Å². The Morgan fingerprint density at radius 1 is 1.08 bits per heavy atom. The van der Waals surface area contributed by atoms with Gasteiger partial charge in [0.15, 0.2) is 0 Å². The van der Waals surface area contributed by atoms with Gasteiger partial charge in [0.1, 0.15) is 0 Å². The molecule has 0 heterocycles. The first kappa shape index (κ1) is 12.0. The highest BCUT2D eigenvalue weighted by atomic mass is 15.1. The third-order valence-electron chi connectivity index (χ3n) is 2.42. The van der Waals surface area contributed by atoms with Crippen LogP contribution in [-0.2, 0) is 0 Å². The van der Waals surface area contributed by atoms with Crippen LogP contribution in [0.4, 0.5) is 0 Å². The normalized spacial score (nSPS) is 15.8. The Hall–Kier alpha value is -0.0400. The summed E-state index contributed by atoms with van der Waals surface area (Å²) in [6.07, 6.45) is 1.27. The zero-order chi connectivity index (χ0) is 9.94. The Morgan fingerprint density at radius 3 is 1.75 bits per heavy atom. The number of rotatable bonds is 3. The molecule has 0 rings (SSSR count). The van der Waals surface area contributed by atoms with E-state index in [4.69, 9.17) is 0 Å². The minimum atomic E-state index is 0.447. The quantitative estimate of drug-likeness (QED) is 0.630. The van der Waals surface area contributed by atoms with Crippen molar-refractivity contribution in [3.05, 3.63) is 0 Å². The summed E-state index contributed by atoms with van der Waals surface area (Å²) in [6, 6.07) is 1.34. The average molecular weight is 171 g/mol. The van der Waals surface area contributed by atoms with Gasteiger partial charge >= 0.3 is 0 Å². The van der Waals surface area contributed by atoms with Crippen molar-refractivity contribution in [1.29, 1.82) is 0 Å². The molecule has 0 fully saturated rings. The van der Waals surface area contributed by atoms with Gasteiger partial charge in [-0.2, -0.15) is 0 Å². The van der Waals surface area contributed by atoms with Gasteiger partial charge in [0.05, 0.1) is 0 Å². The number of hydrogen-bond donors (Lipinski definition) is 0. The second-order valence-corrected chi connectivity index (χ2v) is 5.37. The van der Waals surface area contributed by atoms with E-state index in [2.05, 4.69) is 53.5 Å². The smallest absolute Gasteiger partial charge is 0.00715 e. The fourth-order valence-corrected chi connectivity index (χ4v) is 1.54. The zero-order valence-electron chi connectivity index (χ0n) is 9.81. The summed E-state index contributed by atoms with van der Waals surface area (Å²) in [5.74, 6) is 0. The summed E-state index contributed by atoms with van der Waals surface area (Å²) in [5.41, 5.74) is 0.447. The molecule has 74 valence electrons. The van der Waals surface area contributed by atoms with E-state index in [0.29, 0.717) is 17.5 Å². The first-order valence-electron chi connectivity index (χ1n) is 4.96. The second kappa shape index (κ2) is 4.27. The minimum absolute atomic E-state index is 0.447. The zero-order valence-corrected chi connectivity index (χ0v) is 9.81. The summed E-state index contributed by atoms with van der Waals surface area (Å²) >= 11 is 0. The van der Waals surface area contributed by atoms with Gasteiger partial charge in [-0.25, -0.2) is 0 Å². The maximum atomic E-state index is 2.44. The highest BCUT2D eigenvalue weighted by molar-refractivity contribution is 4.73. The molecular formula is C11H25N. The van der Waals surface area contributed by atoms with E-state index < -0.39 is 0 Å². The van der Waals surface area contributed by atoms with E-state index in [9.17, 15) is 0 Å². The Morgan fingerprint density at radius 2 is 1.50 bits per heavy atom. The fourth-order valence-electron chi connectivity index (χ4n) is 1.54. The molecule has 0 saturated carbocycles. The lowest BCUT2D eigenvalue weighted by Gasteiger charge is -2.33. The van der Waals surface area contributed by atoms with E-state index >= 15 is 0 Å². The lowest BCUT2D eigenvalue weighted by molar-refractivity contribution is 0.160. The first-order valence-corrected chi connectivity index (χ1v) is 4.96. The molecule has 0 aromatic rings. The van der Waals surface area contributed by atoms with E-state index in [1.54, 1.807) is 0 Å². The maximum Gasteiger partial charge on any atom is 0.00715 e. The Labute approximate surface area is 78.1 Å². The van der Waals surface area contributed by atoms with Gasteiger partial charge in [-0.05, 0) is 39.7 Å². The topological polar surface area (TPSA) is 3.24 Å². The molecule has 0 aromatic carbocycles. The Kier molecular flexibility index (Phi) is 4.25. The van der Waals surface area contributed by atoms with Crippen molar-refractivity contribution in [2.45, 2.75) is 60.0 Å². The summed E-state index contributed by atoms with van der Waals surface area (Å²) < 4.78 is 0. The van der Waals surface area contributed by atoms with Crippen LogP contribution < -0.4 is 0 Å². The number of nitrogens with zero attached hydrogens (tertiary/aromatic N) is 1. The molecule has 0 bridgehead atoms. The number of hydrogen-bond acceptors (Lipinski definition) is 1. The molecule has 1 unspecified atom stereocenters. The standard InChI is InChI=1S/C11H25N/c1-9(2)12(7)10(3)8-11(4,5)6/h9-10H,8H2,1-7H3. The van der Waals surface area contributed by atoms with Crippen molar-refractivity contribution in [2.75, 3.05) is 7.05 Å². The van der Waals surface area contributed by atoms with E-state index in [1.165, 1.54) is 6.42 Å². The molecule has 0 saturated heterocycles. The van der Waals surface area contributed by atoms with Gasteiger partial charge < -0.3 is 4.90 Å². The molecule has 1 heteroatoms. The van der Waals surface area contributed by atoms with Crippen LogP contribution in [0.25, 0.3) is 0 Å². The van der Waals surface area contributed by atoms with Gasteiger partial charge in [0.25, 0.3) is 0 Å². The molecule has 0 aliphatic heterocycles. The molecule has 0 N–H and O–H groups in total. The van der Waals surface area contributed by atoms with Crippen molar-refractivity contribution in [3.63, 3.8) is 0 Å². The van der Waals surface area contributed by atoms with Gasteiger partial charge in [-0.1, -0.05) is 20.8 Å². The van der Waals surface area contributed by atoms with Crippen LogP contribution in [0.3, 0.4) is 0 Å². The van der Waals surface area contributed by atoms with Crippen molar-refractivity contribution in [3.8, 4) is 0 Å². The third-order valence-corrected chi connectivity index (χ3v) is 2.42. The summed E-state index contributed by atoms with van der Waals surface area (Å²) in [7, 11) is 2.21. The molecule has 1 nitrogen and oxygen atoms in total. The second-order valence-electron chi connectivity index (χ2n) is 5.37. The average Bonchev–Trinajstić information content (AvgIpc) is 1.82. The molecule has 0 aromatic heterocycles. The molecule has 0 amide bonds. The van der Waals surface area contributed by atoms with Gasteiger partial charge in [0.2, 0.25) is 0 Å². The van der Waals surface area contributed by atoms with Crippen molar-refractivity contribution in [1.82, 2.24) is 4.90 Å². The predicted octanol–water partition coefficient (Wildman–Crippen LogP) is 3.15. The van der Waals surface area contributed by atoms with Crippen LogP contribution in [-0.4, -0.2) is 24.0 Å². The SMILES string of the molecule is CC(C)N(C)C(C)CC(C)(C)C. The third kappa shape index (κ3) is 4.76. The Balaban J connectivity index is 3.95. The van der Waals surface area contributed by atoms with Crippen LogP contribution in [0.5, 0.6) is 0 Å². The van der Waals surface area contributed by atoms with Crippen LogP contribution in [0.15, 0.2) is 0 Å². The molecule has 0 radical (unpaired) electrons. The van der Waals surface area contributed by atoms with Crippen molar-refractivity contribution in [2.24, 2.45) is 5.41 Å². The Bertz CT molecular complexity index is 121. The van der Waals surface area contributed by atoms with E-state index in [0.717, 1.165) is 0 Å². The molecule has 0 aliphatic rings.